The number of anilines is 1. The minimum absolute atomic E-state index is 0.251. The summed E-state index contributed by atoms with van der Waals surface area (Å²) in [7, 11) is -6.68. The molecule has 0 bridgehead atoms. The number of hydrogen-bond acceptors (Lipinski definition) is 5. The van der Waals surface area contributed by atoms with E-state index in [0.717, 1.165) is 19.4 Å². The average Bonchev–Trinajstić information content (AvgIpc) is 2.29. The highest BCUT2D eigenvalue weighted by Crippen LogP contribution is 2.23. The number of nitrogens with zero attached hydrogens (tertiary/aromatic N) is 1. The molecule has 2 N–H and O–H groups in total. The van der Waals surface area contributed by atoms with Crippen molar-refractivity contribution in [2.75, 3.05) is 31.3 Å². The Morgan fingerprint density at radius 1 is 1.20 bits per heavy atom. The normalized spacial score (nSPS) is 12.8. The Labute approximate surface area is 116 Å². The number of nitrogen functional groups attached to an aromatic ring is 1. The van der Waals surface area contributed by atoms with Crippen molar-refractivity contribution in [3.63, 3.8) is 0 Å². The predicted octanol–water partition coefficient (Wildman–Crippen LogP) is 0.212. The molecule has 0 aliphatic carbocycles. The van der Waals surface area contributed by atoms with E-state index in [4.69, 9.17) is 5.73 Å². The van der Waals surface area contributed by atoms with E-state index in [1.54, 1.807) is 0 Å². The van der Waals surface area contributed by atoms with Gasteiger partial charge in [0.1, 0.15) is 14.7 Å². The van der Waals surface area contributed by atoms with E-state index in [0.29, 0.717) is 10.4 Å². The van der Waals surface area contributed by atoms with Gasteiger partial charge >= 0.3 is 0 Å². The van der Waals surface area contributed by atoms with Crippen LogP contribution in [0.15, 0.2) is 17.0 Å². The van der Waals surface area contributed by atoms with Crippen molar-refractivity contribution in [1.82, 2.24) is 4.31 Å². The molecule has 0 aliphatic heterocycles. The molecule has 0 fully saturated rings. The molecule has 1 aromatic rings. The van der Waals surface area contributed by atoms with Crippen LogP contribution in [0.25, 0.3) is 0 Å². The first kappa shape index (κ1) is 16.8. The van der Waals surface area contributed by atoms with Crippen LogP contribution in [0.2, 0.25) is 0 Å². The third-order valence-electron chi connectivity index (χ3n) is 2.48. The van der Waals surface area contributed by atoms with E-state index in [9.17, 15) is 25.6 Å². The van der Waals surface area contributed by atoms with E-state index >= 15 is 0 Å². The van der Waals surface area contributed by atoms with Crippen molar-refractivity contribution in [2.45, 2.75) is 4.90 Å². The van der Waals surface area contributed by atoms with Crippen molar-refractivity contribution in [3.05, 3.63) is 23.8 Å². The molecule has 10 heteroatoms. The maximum absolute atomic E-state index is 13.6. The highest BCUT2D eigenvalue weighted by molar-refractivity contribution is 7.91. The van der Waals surface area contributed by atoms with Crippen LogP contribution >= 0.6 is 0 Å². The zero-order valence-electron chi connectivity index (χ0n) is 10.8. The lowest BCUT2D eigenvalue weighted by Crippen LogP contribution is -2.32. The van der Waals surface area contributed by atoms with Gasteiger partial charge in [-0.1, -0.05) is 0 Å². The fourth-order valence-corrected chi connectivity index (χ4v) is 3.35. The van der Waals surface area contributed by atoms with Gasteiger partial charge < -0.3 is 5.73 Å². The van der Waals surface area contributed by atoms with Crippen LogP contribution in [-0.4, -0.2) is 46.7 Å². The molecular weight excluding hydrogens is 314 g/mol. The van der Waals surface area contributed by atoms with Gasteiger partial charge in [-0.3, -0.25) is 0 Å². The van der Waals surface area contributed by atoms with Crippen molar-refractivity contribution in [2.24, 2.45) is 0 Å². The Bertz CT molecular complexity index is 717. The molecule has 0 radical (unpaired) electrons. The summed E-state index contributed by atoms with van der Waals surface area (Å²) in [4.78, 5) is -0.925. The van der Waals surface area contributed by atoms with Gasteiger partial charge in [0.05, 0.1) is 5.75 Å². The van der Waals surface area contributed by atoms with Crippen molar-refractivity contribution >= 4 is 25.5 Å². The fraction of sp³-hybridized carbons (Fsp3) is 0.400. The molecule has 0 aliphatic rings. The van der Waals surface area contributed by atoms with Crippen LogP contribution in [0.1, 0.15) is 0 Å². The van der Waals surface area contributed by atoms with Crippen LogP contribution in [0.4, 0.5) is 14.5 Å². The third kappa shape index (κ3) is 3.87. The molecule has 1 aromatic carbocycles. The van der Waals surface area contributed by atoms with Crippen LogP contribution in [0.5, 0.6) is 0 Å². The Morgan fingerprint density at radius 3 is 2.25 bits per heavy atom. The highest BCUT2D eigenvalue weighted by atomic mass is 32.2. The largest absolute Gasteiger partial charge is 0.399 e. The summed E-state index contributed by atoms with van der Waals surface area (Å²) < 4.78 is 73.4. The molecule has 0 saturated carbocycles. The van der Waals surface area contributed by atoms with Crippen molar-refractivity contribution in [3.8, 4) is 0 Å². The van der Waals surface area contributed by atoms with E-state index in [-0.39, 0.29) is 12.2 Å². The monoisotopic (exact) mass is 328 g/mol. The SMILES string of the molecule is CN(CCS(C)(=O)=O)S(=O)(=O)c1cc(N)cc(F)c1F. The van der Waals surface area contributed by atoms with Gasteiger partial charge in [-0.25, -0.2) is 25.6 Å². The molecule has 20 heavy (non-hydrogen) atoms. The third-order valence-corrected chi connectivity index (χ3v) is 5.26. The number of sulfone groups is 1. The van der Waals surface area contributed by atoms with Gasteiger partial charge in [0.2, 0.25) is 10.0 Å². The first-order valence-electron chi connectivity index (χ1n) is 5.34. The van der Waals surface area contributed by atoms with Crippen molar-refractivity contribution in [1.29, 1.82) is 0 Å². The number of benzene rings is 1. The second-order valence-electron chi connectivity index (χ2n) is 4.27. The summed E-state index contributed by atoms with van der Waals surface area (Å²) in [5.74, 6) is -3.37. The zero-order chi connectivity index (χ0) is 15.7. The summed E-state index contributed by atoms with van der Waals surface area (Å²) in [5, 5.41) is 0. The molecule has 0 heterocycles. The standard InChI is InChI=1S/C10H14F2N2O4S2/c1-14(3-4-19(2,15)16)20(17,18)9-6-7(13)5-8(11)10(9)12/h5-6H,3-4,13H2,1-2H3. The number of nitrogens with two attached hydrogens (primary N) is 1. The van der Waals surface area contributed by atoms with Crippen LogP contribution in [-0.2, 0) is 19.9 Å². The molecule has 0 aromatic heterocycles. The average molecular weight is 328 g/mol. The van der Waals surface area contributed by atoms with Crippen molar-refractivity contribution < 1.29 is 25.6 Å². The number of hydrogen-bond donors (Lipinski definition) is 1. The summed E-state index contributed by atoms with van der Waals surface area (Å²) >= 11 is 0. The molecule has 1 rings (SSSR count). The maximum Gasteiger partial charge on any atom is 0.245 e. The van der Waals surface area contributed by atoms with Gasteiger partial charge in [0.25, 0.3) is 0 Å². The predicted molar refractivity (Wildman–Crippen MR) is 70.3 cm³/mol. The summed E-state index contributed by atoms with van der Waals surface area (Å²) in [6.45, 7) is -0.378. The molecule has 0 amide bonds. The molecule has 114 valence electrons. The Kier molecular flexibility index (Phi) is 4.72. The van der Waals surface area contributed by atoms with Gasteiger partial charge in [-0.05, 0) is 12.1 Å². The van der Waals surface area contributed by atoms with Gasteiger partial charge in [0.15, 0.2) is 11.6 Å². The van der Waals surface area contributed by atoms with E-state index < -0.39 is 42.1 Å². The second-order valence-corrected chi connectivity index (χ2v) is 8.54. The first-order valence-corrected chi connectivity index (χ1v) is 8.84. The molecule has 0 unspecified atom stereocenters. The lowest BCUT2D eigenvalue weighted by molar-refractivity contribution is 0.458. The van der Waals surface area contributed by atoms with E-state index in [1.165, 1.54) is 0 Å². The zero-order valence-corrected chi connectivity index (χ0v) is 12.4. The van der Waals surface area contributed by atoms with Crippen LogP contribution < -0.4 is 5.73 Å². The lowest BCUT2D eigenvalue weighted by Gasteiger charge is -2.17. The number of rotatable bonds is 5. The van der Waals surface area contributed by atoms with E-state index in [1.807, 2.05) is 0 Å². The highest BCUT2D eigenvalue weighted by Gasteiger charge is 2.27. The Balaban J connectivity index is 3.17. The maximum atomic E-state index is 13.6. The lowest BCUT2D eigenvalue weighted by atomic mass is 10.3. The summed E-state index contributed by atoms with van der Waals surface area (Å²) in [5.41, 5.74) is 5.03. The van der Waals surface area contributed by atoms with Crippen LogP contribution in [0.3, 0.4) is 0 Å². The molecule has 0 atom stereocenters. The number of halogens is 2. The minimum Gasteiger partial charge on any atom is -0.399 e. The molecule has 0 saturated heterocycles. The fourth-order valence-electron chi connectivity index (χ4n) is 1.35. The minimum atomic E-state index is -4.36. The van der Waals surface area contributed by atoms with Gasteiger partial charge in [0, 0.05) is 25.5 Å². The Morgan fingerprint density at radius 2 is 1.75 bits per heavy atom. The smallest absolute Gasteiger partial charge is 0.245 e. The van der Waals surface area contributed by atoms with Gasteiger partial charge in [-0.2, -0.15) is 4.31 Å². The van der Waals surface area contributed by atoms with Gasteiger partial charge in [-0.15, -0.1) is 0 Å². The van der Waals surface area contributed by atoms with E-state index in [2.05, 4.69) is 0 Å². The quantitative estimate of drug-likeness (QED) is 0.779. The summed E-state index contributed by atoms with van der Waals surface area (Å²) in [6, 6.07) is 1.44. The number of sulfonamides is 1. The molecular formula is C10H14F2N2O4S2. The summed E-state index contributed by atoms with van der Waals surface area (Å²) in [6.07, 6.45) is 0.939. The molecule has 0 spiro atoms. The van der Waals surface area contributed by atoms with Crippen LogP contribution in [0, 0.1) is 11.6 Å². The topological polar surface area (TPSA) is 97.5 Å². The second kappa shape index (κ2) is 5.62. The Hall–Kier alpha value is -1.26. The first-order chi connectivity index (χ1) is 8.95. The molecule has 6 nitrogen and oxygen atoms in total.